The molecule has 2 bridgehead atoms. The highest BCUT2D eigenvalue weighted by Gasteiger charge is 2.65. The third-order valence-corrected chi connectivity index (χ3v) is 19.6. The lowest BCUT2D eigenvalue weighted by Crippen LogP contribution is -2.50. The van der Waals surface area contributed by atoms with Crippen LogP contribution in [0.25, 0.3) is 0 Å². The molecule has 0 radical (unpaired) electrons. The second kappa shape index (κ2) is 8.69. The predicted octanol–water partition coefficient (Wildman–Crippen LogP) is 6.16. The second-order valence-corrected chi connectivity index (χ2v) is 18.1. The molecule has 25 heavy (non-hydrogen) atoms. The highest BCUT2D eigenvalue weighted by Crippen LogP contribution is 2.72. The first kappa shape index (κ1) is 20.1. The van der Waals surface area contributed by atoms with Crippen molar-refractivity contribution in [1.29, 1.82) is 0 Å². The van der Waals surface area contributed by atoms with Gasteiger partial charge in [0.1, 0.15) is 0 Å². The molecule has 0 aromatic heterocycles. The van der Waals surface area contributed by atoms with Crippen molar-refractivity contribution >= 4 is 59.9 Å². The summed E-state index contributed by atoms with van der Waals surface area (Å²) in [6, 6.07) is 0. The Labute approximate surface area is 171 Å². The molecule has 3 saturated carbocycles. The Morgan fingerprint density at radius 3 is 1.60 bits per heavy atom. The van der Waals surface area contributed by atoms with Gasteiger partial charge in [0, 0.05) is 35.9 Å². The molecule has 1 heterocycles. The van der Waals surface area contributed by atoms with E-state index < -0.39 is 8.80 Å². The Bertz CT molecular complexity index is 430. The van der Waals surface area contributed by atoms with Crippen LogP contribution in [0.15, 0.2) is 0 Å². The van der Waals surface area contributed by atoms with Gasteiger partial charge in [0.25, 0.3) is 0 Å². The Balaban J connectivity index is 1.53. The van der Waals surface area contributed by atoms with E-state index in [0.717, 1.165) is 34.2 Å². The summed E-state index contributed by atoms with van der Waals surface area (Å²) in [4.78, 5) is 0. The summed E-state index contributed by atoms with van der Waals surface area (Å²) in [5, 5.41) is 1.70. The van der Waals surface area contributed by atoms with Gasteiger partial charge < -0.3 is 13.3 Å². The maximum Gasteiger partial charge on any atom is 0.504 e. The van der Waals surface area contributed by atoms with E-state index in [1.165, 1.54) is 19.3 Å². The summed E-state index contributed by atoms with van der Waals surface area (Å²) >= 11 is 0. The van der Waals surface area contributed by atoms with Crippen LogP contribution in [0.3, 0.4) is 0 Å². The van der Waals surface area contributed by atoms with Gasteiger partial charge in [-0.2, -0.15) is 0 Å². The van der Waals surface area contributed by atoms with Crippen LogP contribution < -0.4 is 0 Å². The zero-order valence-corrected chi connectivity index (χ0v) is 20.1. The lowest BCUT2D eigenvalue weighted by molar-refractivity contribution is 0.0600. The average Bonchev–Trinajstić information content (AvgIpc) is 3.21. The van der Waals surface area contributed by atoms with E-state index in [-0.39, 0.29) is 0 Å². The molecule has 6 atom stereocenters. The Morgan fingerprint density at radius 2 is 1.16 bits per heavy atom. The standard InChI is InChI=1S/C16H28O3S5Si/c1-4-17-25(18-5-2,19-6-3)10-7-11-12(8-10)14-9-13(11)15-16(14)21-23-24-22-20-15/h10-16H,4-9H2,1-3H3. The average molecular weight is 457 g/mol. The third kappa shape index (κ3) is 3.61. The van der Waals surface area contributed by atoms with Crippen LogP contribution >= 0.6 is 51.1 Å². The van der Waals surface area contributed by atoms with Crippen molar-refractivity contribution in [1.82, 2.24) is 0 Å². The van der Waals surface area contributed by atoms with Crippen molar-refractivity contribution in [2.24, 2.45) is 23.7 Å². The van der Waals surface area contributed by atoms with Gasteiger partial charge in [-0.3, -0.25) is 0 Å². The SMILES string of the molecule is CCO[Si](OCC)(OCC)C1CC2C(C1)C1CC2C2SSSSSC12. The van der Waals surface area contributed by atoms with E-state index in [4.69, 9.17) is 13.3 Å². The van der Waals surface area contributed by atoms with E-state index >= 15 is 0 Å². The van der Waals surface area contributed by atoms with Gasteiger partial charge in [-0.05, 0) is 93.2 Å². The Hall–Kier alpha value is 1.85. The van der Waals surface area contributed by atoms with Gasteiger partial charge in [0.2, 0.25) is 0 Å². The number of rotatable bonds is 7. The van der Waals surface area contributed by atoms with Crippen LogP contribution in [0.1, 0.15) is 40.0 Å². The largest absolute Gasteiger partial charge is 0.504 e. The molecule has 0 aromatic rings. The maximum absolute atomic E-state index is 6.26. The molecule has 0 amide bonds. The fraction of sp³-hybridized carbons (Fsp3) is 1.00. The van der Waals surface area contributed by atoms with E-state index in [9.17, 15) is 0 Å². The first-order valence-electron chi connectivity index (χ1n) is 9.48. The van der Waals surface area contributed by atoms with E-state index in [0.29, 0.717) is 25.4 Å². The molecule has 4 aliphatic rings. The molecule has 9 heteroatoms. The molecule has 6 unspecified atom stereocenters. The highest BCUT2D eigenvalue weighted by molar-refractivity contribution is 9.36. The van der Waals surface area contributed by atoms with Gasteiger partial charge in [-0.15, -0.1) is 0 Å². The van der Waals surface area contributed by atoms with Crippen LogP contribution in [-0.4, -0.2) is 39.1 Å². The van der Waals surface area contributed by atoms with Crippen LogP contribution in [0, 0.1) is 23.7 Å². The first-order chi connectivity index (χ1) is 12.2. The van der Waals surface area contributed by atoms with Gasteiger partial charge in [-0.1, -0.05) is 21.6 Å². The summed E-state index contributed by atoms with van der Waals surface area (Å²) in [7, 11) is 7.75. The van der Waals surface area contributed by atoms with Crippen molar-refractivity contribution < 1.29 is 13.3 Å². The van der Waals surface area contributed by atoms with Crippen molar-refractivity contribution in [2.45, 2.75) is 56.1 Å². The van der Waals surface area contributed by atoms with E-state index in [2.05, 4.69) is 42.4 Å². The molecule has 144 valence electrons. The minimum Gasteiger partial charge on any atom is -0.374 e. The fourth-order valence-corrected chi connectivity index (χ4v) is 20.6. The molecule has 4 rings (SSSR count). The van der Waals surface area contributed by atoms with Crippen molar-refractivity contribution in [2.75, 3.05) is 19.8 Å². The van der Waals surface area contributed by atoms with Gasteiger partial charge in [0.05, 0.1) is 0 Å². The molecule has 1 aliphatic heterocycles. The molecule has 4 fully saturated rings. The van der Waals surface area contributed by atoms with E-state index in [1.54, 1.807) is 0 Å². The molecule has 3 nitrogen and oxygen atoms in total. The summed E-state index contributed by atoms with van der Waals surface area (Å²) < 4.78 is 18.8. The predicted molar refractivity (Wildman–Crippen MR) is 118 cm³/mol. The highest BCUT2D eigenvalue weighted by atomic mass is 33.8. The first-order valence-corrected chi connectivity index (χ1v) is 17.6. The summed E-state index contributed by atoms with van der Waals surface area (Å²) in [5.41, 5.74) is 0.514. The minimum atomic E-state index is -2.55. The smallest absolute Gasteiger partial charge is 0.374 e. The van der Waals surface area contributed by atoms with Crippen LogP contribution in [0.5, 0.6) is 0 Å². The van der Waals surface area contributed by atoms with Crippen LogP contribution in [-0.2, 0) is 13.3 Å². The molecular weight excluding hydrogens is 429 g/mol. The Morgan fingerprint density at radius 1 is 0.680 bits per heavy atom. The zero-order valence-electron chi connectivity index (χ0n) is 15.1. The third-order valence-electron chi connectivity index (χ3n) is 6.37. The zero-order chi connectivity index (χ0) is 17.4. The number of hydrogen-bond acceptors (Lipinski definition) is 8. The van der Waals surface area contributed by atoms with Crippen LogP contribution in [0.4, 0.5) is 0 Å². The molecule has 0 spiro atoms. The number of fused-ring (bicyclic) bond motifs is 8. The monoisotopic (exact) mass is 456 g/mol. The normalized spacial score (nSPS) is 43.1. The summed E-state index contributed by atoms with van der Waals surface area (Å²) in [6.07, 6.45) is 4.02. The molecule has 1 saturated heterocycles. The maximum atomic E-state index is 6.26. The quantitative estimate of drug-likeness (QED) is 0.332. The lowest BCUT2D eigenvalue weighted by atomic mass is 9.81. The molecule has 0 N–H and O–H groups in total. The van der Waals surface area contributed by atoms with Crippen molar-refractivity contribution in [3.63, 3.8) is 0 Å². The number of hydrogen-bond donors (Lipinski definition) is 0. The van der Waals surface area contributed by atoms with Crippen molar-refractivity contribution in [3.05, 3.63) is 0 Å². The topological polar surface area (TPSA) is 27.7 Å². The fourth-order valence-electron chi connectivity index (χ4n) is 5.75. The van der Waals surface area contributed by atoms with Gasteiger partial charge in [-0.25, -0.2) is 0 Å². The molecule has 3 aliphatic carbocycles. The van der Waals surface area contributed by atoms with Gasteiger partial charge >= 0.3 is 8.80 Å². The van der Waals surface area contributed by atoms with Gasteiger partial charge in [0.15, 0.2) is 0 Å². The summed E-state index contributed by atoms with van der Waals surface area (Å²) in [6.45, 7) is 8.34. The molecule has 0 aromatic carbocycles. The van der Waals surface area contributed by atoms with Crippen LogP contribution in [0.2, 0.25) is 5.54 Å². The molecular formula is C16H28O3S5Si. The Kier molecular flexibility index (Phi) is 7.00. The van der Waals surface area contributed by atoms with Crippen molar-refractivity contribution in [3.8, 4) is 0 Å². The van der Waals surface area contributed by atoms with E-state index in [1.807, 2.05) is 29.5 Å². The lowest BCUT2D eigenvalue weighted by Gasteiger charge is -2.35. The summed E-state index contributed by atoms with van der Waals surface area (Å²) in [5.74, 6) is 3.58. The second-order valence-electron chi connectivity index (χ2n) is 7.29. The minimum absolute atomic E-state index is 0.514.